The van der Waals surface area contributed by atoms with E-state index in [4.69, 9.17) is 0 Å². The minimum Gasteiger partial charge on any atom is -0.341 e. The number of aryl methyl sites for hydroxylation is 1. The number of hydrogen-bond acceptors (Lipinski definition) is 1. The van der Waals surface area contributed by atoms with Gasteiger partial charge >= 0.3 is 0 Å². The molecule has 0 bridgehead atoms. The van der Waals surface area contributed by atoms with Gasteiger partial charge in [0.1, 0.15) is 0 Å². The summed E-state index contributed by atoms with van der Waals surface area (Å²) in [7, 11) is 0. The molecule has 2 aromatic carbocycles. The van der Waals surface area contributed by atoms with Crippen molar-refractivity contribution in [1.82, 2.24) is 9.88 Å². The third-order valence-electron chi connectivity index (χ3n) is 4.83. The summed E-state index contributed by atoms with van der Waals surface area (Å²) in [6, 6.07) is 16.3. The van der Waals surface area contributed by atoms with Crippen molar-refractivity contribution in [3.63, 3.8) is 0 Å². The summed E-state index contributed by atoms with van der Waals surface area (Å²) in [4.78, 5) is 0. The maximum atomic E-state index is 3.66. The van der Waals surface area contributed by atoms with E-state index in [1.54, 1.807) is 0 Å². The highest BCUT2D eigenvalue weighted by Gasteiger charge is 2.16. The molecule has 0 aliphatic carbocycles. The van der Waals surface area contributed by atoms with Gasteiger partial charge in [-0.25, -0.2) is 0 Å². The van der Waals surface area contributed by atoms with Crippen molar-refractivity contribution >= 4 is 21.8 Å². The van der Waals surface area contributed by atoms with E-state index in [0.29, 0.717) is 6.04 Å². The number of rotatable bonds is 2. The van der Waals surface area contributed by atoms with Gasteiger partial charge in [-0.2, -0.15) is 0 Å². The van der Waals surface area contributed by atoms with Crippen molar-refractivity contribution < 1.29 is 0 Å². The Morgan fingerprint density at radius 1 is 1.05 bits per heavy atom. The molecule has 0 saturated carbocycles. The van der Waals surface area contributed by atoms with E-state index < -0.39 is 0 Å². The van der Waals surface area contributed by atoms with Gasteiger partial charge in [-0.15, -0.1) is 0 Å². The molecule has 0 amide bonds. The Morgan fingerprint density at radius 3 is 2.71 bits per heavy atom. The first kappa shape index (κ1) is 12.9. The maximum Gasteiger partial charge on any atom is 0.0491 e. The SMILES string of the molecule is CCn1c2ccccc2c2cc([C@@H]3CCCCN3)ccc21. The van der Waals surface area contributed by atoms with Crippen LogP contribution in [0.4, 0.5) is 0 Å². The van der Waals surface area contributed by atoms with Crippen LogP contribution in [0.2, 0.25) is 0 Å². The molecule has 2 nitrogen and oxygen atoms in total. The Hall–Kier alpha value is -1.80. The minimum absolute atomic E-state index is 0.534. The van der Waals surface area contributed by atoms with Gasteiger partial charge < -0.3 is 9.88 Å². The normalized spacial score (nSPS) is 19.4. The van der Waals surface area contributed by atoms with Crippen LogP contribution in [0.1, 0.15) is 37.8 Å². The fourth-order valence-corrected chi connectivity index (χ4v) is 3.77. The van der Waals surface area contributed by atoms with Gasteiger partial charge in [-0.3, -0.25) is 0 Å². The molecule has 1 aliphatic heterocycles. The lowest BCUT2D eigenvalue weighted by Crippen LogP contribution is -2.26. The van der Waals surface area contributed by atoms with Crippen LogP contribution in [-0.2, 0) is 6.54 Å². The lowest BCUT2D eigenvalue weighted by atomic mass is 9.96. The summed E-state index contributed by atoms with van der Waals surface area (Å²) in [6.45, 7) is 4.40. The molecule has 21 heavy (non-hydrogen) atoms. The first-order chi connectivity index (χ1) is 10.4. The van der Waals surface area contributed by atoms with Crippen LogP contribution in [0.25, 0.3) is 21.8 Å². The second kappa shape index (κ2) is 5.19. The second-order valence-electron chi connectivity index (χ2n) is 6.04. The van der Waals surface area contributed by atoms with Crippen molar-refractivity contribution in [3.8, 4) is 0 Å². The molecule has 4 rings (SSSR count). The van der Waals surface area contributed by atoms with Crippen LogP contribution in [0.3, 0.4) is 0 Å². The quantitative estimate of drug-likeness (QED) is 0.723. The zero-order valence-corrected chi connectivity index (χ0v) is 12.6. The maximum absolute atomic E-state index is 3.66. The van der Waals surface area contributed by atoms with Gasteiger partial charge in [0.25, 0.3) is 0 Å². The number of fused-ring (bicyclic) bond motifs is 3. The Labute approximate surface area is 125 Å². The first-order valence-corrected chi connectivity index (χ1v) is 8.13. The molecule has 0 unspecified atom stereocenters. The highest BCUT2D eigenvalue weighted by atomic mass is 15.0. The van der Waals surface area contributed by atoms with Crippen LogP contribution >= 0.6 is 0 Å². The number of piperidine rings is 1. The molecule has 1 atom stereocenters. The molecule has 0 radical (unpaired) electrons. The average molecular weight is 278 g/mol. The number of aromatic nitrogens is 1. The predicted octanol–water partition coefficient (Wildman–Crippen LogP) is 4.63. The Kier molecular flexibility index (Phi) is 3.19. The van der Waals surface area contributed by atoms with Crippen molar-refractivity contribution in [2.75, 3.05) is 6.54 Å². The lowest BCUT2D eigenvalue weighted by molar-refractivity contribution is 0.412. The fraction of sp³-hybridized carbons (Fsp3) is 0.368. The number of nitrogens with one attached hydrogen (secondary N) is 1. The van der Waals surface area contributed by atoms with Crippen molar-refractivity contribution in [3.05, 3.63) is 48.0 Å². The van der Waals surface area contributed by atoms with E-state index in [-0.39, 0.29) is 0 Å². The number of nitrogens with zero attached hydrogens (tertiary/aromatic N) is 1. The van der Waals surface area contributed by atoms with Gasteiger partial charge in [0.2, 0.25) is 0 Å². The van der Waals surface area contributed by atoms with E-state index in [1.165, 1.54) is 46.6 Å². The molecule has 1 aliphatic rings. The summed E-state index contributed by atoms with van der Waals surface area (Å²) < 4.78 is 2.42. The molecule has 3 aromatic rings. The summed E-state index contributed by atoms with van der Waals surface area (Å²) in [5.74, 6) is 0. The molecular formula is C19H22N2. The summed E-state index contributed by atoms with van der Waals surface area (Å²) in [5, 5.41) is 6.44. The molecule has 1 N–H and O–H groups in total. The highest BCUT2D eigenvalue weighted by molar-refractivity contribution is 6.08. The van der Waals surface area contributed by atoms with Crippen LogP contribution in [0, 0.1) is 0 Å². The Balaban J connectivity index is 1.92. The van der Waals surface area contributed by atoms with Crippen molar-refractivity contribution in [2.24, 2.45) is 0 Å². The Morgan fingerprint density at radius 2 is 1.90 bits per heavy atom. The van der Waals surface area contributed by atoms with E-state index >= 15 is 0 Å². The predicted molar refractivity (Wildman–Crippen MR) is 89.7 cm³/mol. The lowest BCUT2D eigenvalue weighted by Gasteiger charge is -2.24. The summed E-state index contributed by atoms with van der Waals surface area (Å²) >= 11 is 0. The number of benzene rings is 2. The van der Waals surface area contributed by atoms with E-state index in [9.17, 15) is 0 Å². The average Bonchev–Trinajstić information content (AvgIpc) is 2.88. The zero-order valence-electron chi connectivity index (χ0n) is 12.6. The van der Waals surface area contributed by atoms with Crippen LogP contribution in [0.5, 0.6) is 0 Å². The third kappa shape index (κ3) is 2.06. The molecule has 108 valence electrons. The minimum atomic E-state index is 0.534. The van der Waals surface area contributed by atoms with E-state index in [1.807, 2.05) is 0 Å². The number of para-hydroxylation sites is 1. The molecule has 1 aromatic heterocycles. The monoisotopic (exact) mass is 278 g/mol. The molecule has 2 heterocycles. The van der Waals surface area contributed by atoms with Crippen molar-refractivity contribution in [2.45, 2.75) is 38.8 Å². The molecule has 1 saturated heterocycles. The van der Waals surface area contributed by atoms with Gasteiger partial charge in [0.05, 0.1) is 0 Å². The zero-order chi connectivity index (χ0) is 14.2. The topological polar surface area (TPSA) is 17.0 Å². The molecular weight excluding hydrogens is 256 g/mol. The molecule has 0 spiro atoms. The van der Waals surface area contributed by atoms with Crippen molar-refractivity contribution in [1.29, 1.82) is 0 Å². The standard InChI is InChI=1S/C19H22N2/c1-2-21-18-9-4-3-7-15(18)16-13-14(10-11-19(16)21)17-8-5-6-12-20-17/h3-4,7,9-11,13,17,20H,2,5-6,8,12H2,1H3/t17-/m0/s1. The van der Waals surface area contributed by atoms with Gasteiger partial charge in [0, 0.05) is 34.4 Å². The summed E-state index contributed by atoms with van der Waals surface area (Å²) in [6.07, 6.45) is 3.91. The van der Waals surface area contributed by atoms with Gasteiger partial charge in [0.15, 0.2) is 0 Å². The van der Waals surface area contributed by atoms with Gasteiger partial charge in [-0.1, -0.05) is 30.7 Å². The first-order valence-electron chi connectivity index (χ1n) is 8.13. The second-order valence-corrected chi connectivity index (χ2v) is 6.04. The fourth-order valence-electron chi connectivity index (χ4n) is 3.77. The smallest absolute Gasteiger partial charge is 0.0491 e. The third-order valence-corrected chi connectivity index (χ3v) is 4.83. The van der Waals surface area contributed by atoms with Crippen LogP contribution in [0.15, 0.2) is 42.5 Å². The van der Waals surface area contributed by atoms with Gasteiger partial charge in [-0.05, 0) is 50.1 Å². The highest BCUT2D eigenvalue weighted by Crippen LogP contribution is 2.32. The van der Waals surface area contributed by atoms with Crippen LogP contribution in [-0.4, -0.2) is 11.1 Å². The number of hydrogen-bond donors (Lipinski definition) is 1. The van der Waals surface area contributed by atoms with E-state index in [2.05, 4.69) is 59.3 Å². The largest absolute Gasteiger partial charge is 0.341 e. The Bertz CT molecular complexity index is 779. The summed E-state index contributed by atoms with van der Waals surface area (Å²) in [5.41, 5.74) is 4.16. The molecule has 2 heteroatoms. The van der Waals surface area contributed by atoms with Crippen LogP contribution < -0.4 is 5.32 Å². The van der Waals surface area contributed by atoms with E-state index in [0.717, 1.165) is 13.1 Å². The molecule has 1 fully saturated rings.